The van der Waals surface area contributed by atoms with Gasteiger partial charge in [-0.05, 0) is 43.0 Å². The zero-order chi connectivity index (χ0) is 14.3. The molecule has 4 nitrogen and oxygen atoms in total. The molecule has 19 heavy (non-hydrogen) atoms. The van der Waals surface area contributed by atoms with Crippen molar-refractivity contribution in [1.82, 2.24) is 5.32 Å². The van der Waals surface area contributed by atoms with Crippen LogP contribution in [0.15, 0.2) is 22.7 Å². The average Bonchev–Trinajstić information content (AvgIpc) is 2.39. The number of hydrogen-bond acceptors (Lipinski definition) is 3. The predicted molar refractivity (Wildman–Crippen MR) is 78.3 cm³/mol. The number of aliphatic hydroxyl groups excluding tert-OH is 1. The van der Waals surface area contributed by atoms with Gasteiger partial charge < -0.3 is 15.5 Å². The molecule has 0 saturated carbocycles. The Labute approximate surface area is 122 Å². The highest BCUT2D eigenvalue weighted by atomic mass is 79.9. The smallest absolute Gasteiger partial charge is 0.335 e. The fraction of sp³-hybridized carbons (Fsp3) is 0.500. The molecular formula is C14H20BrNO3. The summed E-state index contributed by atoms with van der Waals surface area (Å²) in [5.74, 6) is -0.568. The van der Waals surface area contributed by atoms with Gasteiger partial charge in [0.05, 0.1) is 5.56 Å². The molecule has 0 aliphatic carbocycles. The summed E-state index contributed by atoms with van der Waals surface area (Å²) in [4.78, 5) is 10.8. The minimum Gasteiger partial charge on any atom is -0.478 e. The lowest BCUT2D eigenvalue weighted by Crippen LogP contribution is -2.16. The number of nitrogens with one attached hydrogen (secondary N) is 1. The number of carbonyl (C=O) groups is 1. The Kier molecular flexibility index (Phi) is 7.05. The SMILES string of the molecule is CC(CO)CCCNCc1ccc(C(=O)O)cc1Br. The number of aromatic carboxylic acids is 1. The molecule has 1 rings (SSSR count). The van der Waals surface area contributed by atoms with Crippen molar-refractivity contribution < 1.29 is 15.0 Å². The van der Waals surface area contributed by atoms with Gasteiger partial charge in [0, 0.05) is 17.6 Å². The average molecular weight is 330 g/mol. The van der Waals surface area contributed by atoms with E-state index in [1.54, 1.807) is 12.1 Å². The second-order valence-corrected chi connectivity index (χ2v) is 5.57. The van der Waals surface area contributed by atoms with Crippen molar-refractivity contribution in [2.45, 2.75) is 26.3 Å². The third-order valence-corrected chi connectivity index (χ3v) is 3.72. The fourth-order valence-electron chi connectivity index (χ4n) is 1.71. The minimum absolute atomic E-state index is 0.238. The molecule has 0 radical (unpaired) electrons. The number of halogens is 1. The molecule has 1 unspecified atom stereocenters. The molecule has 0 heterocycles. The molecule has 1 aromatic rings. The first-order valence-electron chi connectivity index (χ1n) is 6.38. The van der Waals surface area contributed by atoms with Crippen molar-refractivity contribution in [2.24, 2.45) is 5.92 Å². The van der Waals surface area contributed by atoms with Gasteiger partial charge in [0.25, 0.3) is 0 Å². The Morgan fingerprint density at radius 3 is 2.79 bits per heavy atom. The fourth-order valence-corrected chi connectivity index (χ4v) is 2.23. The van der Waals surface area contributed by atoms with Crippen LogP contribution in [0.5, 0.6) is 0 Å². The summed E-state index contributed by atoms with van der Waals surface area (Å²) in [5.41, 5.74) is 1.33. The molecule has 1 atom stereocenters. The molecule has 0 aliphatic heterocycles. The lowest BCUT2D eigenvalue weighted by molar-refractivity contribution is 0.0697. The van der Waals surface area contributed by atoms with E-state index in [0.29, 0.717) is 12.5 Å². The molecule has 0 saturated heterocycles. The quantitative estimate of drug-likeness (QED) is 0.641. The van der Waals surface area contributed by atoms with Crippen LogP contribution in [-0.2, 0) is 6.54 Å². The number of aliphatic hydroxyl groups is 1. The van der Waals surface area contributed by atoms with Gasteiger partial charge in [-0.3, -0.25) is 0 Å². The van der Waals surface area contributed by atoms with Crippen LogP contribution in [0, 0.1) is 5.92 Å². The van der Waals surface area contributed by atoms with Gasteiger partial charge >= 0.3 is 5.97 Å². The Morgan fingerprint density at radius 1 is 1.47 bits per heavy atom. The van der Waals surface area contributed by atoms with Crippen LogP contribution >= 0.6 is 15.9 Å². The van der Waals surface area contributed by atoms with Gasteiger partial charge in [0.2, 0.25) is 0 Å². The molecule has 0 bridgehead atoms. The molecule has 0 aromatic heterocycles. The summed E-state index contributed by atoms with van der Waals surface area (Å²) >= 11 is 3.38. The number of benzene rings is 1. The van der Waals surface area contributed by atoms with Crippen molar-refractivity contribution in [3.8, 4) is 0 Å². The second kappa shape index (κ2) is 8.30. The summed E-state index contributed by atoms with van der Waals surface area (Å²) in [6, 6.07) is 5.04. The maximum atomic E-state index is 10.8. The Morgan fingerprint density at radius 2 is 2.21 bits per heavy atom. The molecule has 0 aliphatic rings. The van der Waals surface area contributed by atoms with E-state index < -0.39 is 5.97 Å². The zero-order valence-electron chi connectivity index (χ0n) is 11.0. The van der Waals surface area contributed by atoms with E-state index in [9.17, 15) is 4.79 Å². The van der Waals surface area contributed by atoms with Gasteiger partial charge in [0.1, 0.15) is 0 Å². The van der Waals surface area contributed by atoms with E-state index in [2.05, 4.69) is 21.2 Å². The van der Waals surface area contributed by atoms with Crippen molar-refractivity contribution in [2.75, 3.05) is 13.2 Å². The summed E-state index contributed by atoms with van der Waals surface area (Å²) in [7, 11) is 0. The topological polar surface area (TPSA) is 69.6 Å². The van der Waals surface area contributed by atoms with Crippen LogP contribution in [0.3, 0.4) is 0 Å². The van der Waals surface area contributed by atoms with E-state index in [0.717, 1.165) is 29.4 Å². The van der Waals surface area contributed by atoms with E-state index in [4.69, 9.17) is 10.2 Å². The van der Waals surface area contributed by atoms with Crippen LogP contribution in [0.2, 0.25) is 0 Å². The predicted octanol–water partition coefficient (Wildman–Crippen LogP) is 2.65. The molecule has 0 spiro atoms. The van der Waals surface area contributed by atoms with Crippen LogP contribution < -0.4 is 5.32 Å². The molecule has 0 fully saturated rings. The molecule has 3 N–H and O–H groups in total. The van der Waals surface area contributed by atoms with Gasteiger partial charge in [0.15, 0.2) is 0 Å². The highest BCUT2D eigenvalue weighted by molar-refractivity contribution is 9.10. The van der Waals surface area contributed by atoms with Crippen LogP contribution in [0.4, 0.5) is 0 Å². The summed E-state index contributed by atoms with van der Waals surface area (Å²) in [6.07, 6.45) is 2.02. The Hall–Kier alpha value is -0.910. The van der Waals surface area contributed by atoms with Crippen LogP contribution in [0.1, 0.15) is 35.7 Å². The molecular weight excluding hydrogens is 310 g/mol. The minimum atomic E-state index is -0.918. The van der Waals surface area contributed by atoms with Crippen LogP contribution in [-0.4, -0.2) is 29.3 Å². The first-order valence-corrected chi connectivity index (χ1v) is 7.17. The van der Waals surface area contributed by atoms with Crippen molar-refractivity contribution in [1.29, 1.82) is 0 Å². The lowest BCUT2D eigenvalue weighted by atomic mass is 10.1. The number of carboxylic acid groups (broad SMARTS) is 1. The van der Waals surface area contributed by atoms with Crippen molar-refractivity contribution in [3.63, 3.8) is 0 Å². The number of rotatable bonds is 8. The standard InChI is InChI=1S/C14H20BrNO3/c1-10(9-17)3-2-6-16-8-12-5-4-11(14(18)19)7-13(12)15/h4-5,7,10,16-17H,2-3,6,8-9H2,1H3,(H,18,19). The maximum absolute atomic E-state index is 10.8. The Balaban J connectivity index is 2.35. The number of hydrogen-bond donors (Lipinski definition) is 3. The van der Waals surface area contributed by atoms with E-state index >= 15 is 0 Å². The number of carboxylic acids is 1. The maximum Gasteiger partial charge on any atom is 0.335 e. The molecule has 0 amide bonds. The highest BCUT2D eigenvalue weighted by Crippen LogP contribution is 2.18. The highest BCUT2D eigenvalue weighted by Gasteiger charge is 2.06. The first-order chi connectivity index (χ1) is 9.04. The van der Waals surface area contributed by atoms with E-state index in [-0.39, 0.29) is 12.2 Å². The summed E-state index contributed by atoms with van der Waals surface area (Å²) in [5, 5.41) is 21.1. The normalized spacial score (nSPS) is 12.4. The van der Waals surface area contributed by atoms with Gasteiger partial charge in [-0.15, -0.1) is 0 Å². The lowest BCUT2D eigenvalue weighted by Gasteiger charge is -2.09. The zero-order valence-corrected chi connectivity index (χ0v) is 12.6. The largest absolute Gasteiger partial charge is 0.478 e. The third-order valence-electron chi connectivity index (χ3n) is 2.98. The first kappa shape index (κ1) is 16.1. The summed E-state index contributed by atoms with van der Waals surface area (Å²) in [6.45, 7) is 3.86. The van der Waals surface area contributed by atoms with Crippen molar-refractivity contribution >= 4 is 21.9 Å². The monoisotopic (exact) mass is 329 g/mol. The van der Waals surface area contributed by atoms with Gasteiger partial charge in [-0.2, -0.15) is 0 Å². The third kappa shape index (κ3) is 5.72. The van der Waals surface area contributed by atoms with Gasteiger partial charge in [-0.1, -0.05) is 28.9 Å². The Bertz CT molecular complexity index is 423. The van der Waals surface area contributed by atoms with E-state index in [1.807, 2.05) is 13.0 Å². The van der Waals surface area contributed by atoms with Crippen LogP contribution in [0.25, 0.3) is 0 Å². The van der Waals surface area contributed by atoms with Crippen molar-refractivity contribution in [3.05, 3.63) is 33.8 Å². The molecule has 106 valence electrons. The van der Waals surface area contributed by atoms with E-state index in [1.165, 1.54) is 0 Å². The molecule has 1 aromatic carbocycles. The second-order valence-electron chi connectivity index (χ2n) is 4.72. The van der Waals surface area contributed by atoms with Gasteiger partial charge in [-0.25, -0.2) is 4.79 Å². The summed E-state index contributed by atoms with van der Waals surface area (Å²) < 4.78 is 0.809. The molecule has 5 heteroatoms.